The Balaban J connectivity index is 1.93. The molecule has 0 aromatic carbocycles. The molecule has 1 saturated carbocycles. The first-order chi connectivity index (χ1) is 8.42. The van der Waals surface area contributed by atoms with Gasteiger partial charge in [-0.25, -0.2) is 0 Å². The molecule has 1 saturated heterocycles. The zero-order valence-electron chi connectivity index (χ0n) is 11.1. The van der Waals surface area contributed by atoms with Gasteiger partial charge < -0.3 is 14.8 Å². The molecular weight excluding hydrogens is 214 g/mol. The Labute approximate surface area is 105 Å². The van der Waals surface area contributed by atoms with Crippen molar-refractivity contribution in [1.82, 2.24) is 5.32 Å². The molecular formula is C14H27NO2. The Morgan fingerprint density at radius 1 is 1.12 bits per heavy atom. The monoisotopic (exact) mass is 241 g/mol. The minimum atomic E-state index is 0.270. The Bertz CT molecular complexity index is 196. The van der Waals surface area contributed by atoms with E-state index in [4.69, 9.17) is 9.47 Å². The van der Waals surface area contributed by atoms with Gasteiger partial charge in [-0.2, -0.15) is 0 Å². The number of hydrogen-bond acceptors (Lipinski definition) is 3. The number of nitrogens with one attached hydrogen (secondary N) is 1. The molecule has 0 aromatic heterocycles. The fraction of sp³-hybridized carbons (Fsp3) is 1.00. The zero-order valence-corrected chi connectivity index (χ0v) is 11.1. The molecule has 0 aromatic rings. The first-order valence-electron chi connectivity index (χ1n) is 7.34. The second kappa shape index (κ2) is 7.34. The van der Waals surface area contributed by atoms with Crippen LogP contribution >= 0.6 is 0 Å². The summed E-state index contributed by atoms with van der Waals surface area (Å²) >= 11 is 0. The number of ether oxygens (including phenoxy) is 2. The number of rotatable bonds is 4. The molecule has 17 heavy (non-hydrogen) atoms. The molecule has 3 heteroatoms. The first kappa shape index (κ1) is 13.3. The van der Waals surface area contributed by atoms with E-state index < -0.39 is 0 Å². The molecule has 2 atom stereocenters. The van der Waals surface area contributed by atoms with Crippen LogP contribution in [0.2, 0.25) is 0 Å². The summed E-state index contributed by atoms with van der Waals surface area (Å²) in [7, 11) is 0. The van der Waals surface area contributed by atoms with E-state index in [0.29, 0.717) is 6.04 Å². The van der Waals surface area contributed by atoms with Crippen molar-refractivity contribution in [2.75, 3.05) is 26.4 Å². The standard InChI is InChI=1S/C14H27NO2/c1-2-15-14(13-11-16-9-10-17-13)12-7-5-3-4-6-8-12/h12-15H,2-11H2,1H3. The Morgan fingerprint density at radius 3 is 2.47 bits per heavy atom. The van der Waals surface area contributed by atoms with Gasteiger partial charge in [0.15, 0.2) is 0 Å². The van der Waals surface area contributed by atoms with E-state index in [1.807, 2.05) is 0 Å². The van der Waals surface area contributed by atoms with Crippen molar-refractivity contribution in [3.05, 3.63) is 0 Å². The molecule has 2 rings (SSSR count). The molecule has 0 amide bonds. The van der Waals surface area contributed by atoms with E-state index >= 15 is 0 Å². The number of likely N-dealkylation sites (N-methyl/N-ethyl adjacent to an activating group) is 1. The van der Waals surface area contributed by atoms with Crippen LogP contribution in [0.5, 0.6) is 0 Å². The van der Waals surface area contributed by atoms with E-state index in [0.717, 1.165) is 32.3 Å². The maximum absolute atomic E-state index is 5.90. The van der Waals surface area contributed by atoms with Crippen LogP contribution in [0.3, 0.4) is 0 Å². The van der Waals surface area contributed by atoms with Crippen molar-refractivity contribution in [3.8, 4) is 0 Å². The fourth-order valence-electron chi connectivity index (χ4n) is 3.22. The maximum Gasteiger partial charge on any atom is 0.0964 e. The summed E-state index contributed by atoms with van der Waals surface area (Å²) in [6, 6.07) is 0.499. The maximum atomic E-state index is 5.90. The predicted octanol–water partition coefficient (Wildman–Crippen LogP) is 2.35. The molecule has 1 N–H and O–H groups in total. The van der Waals surface area contributed by atoms with Crippen LogP contribution < -0.4 is 5.32 Å². The zero-order chi connectivity index (χ0) is 11.9. The van der Waals surface area contributed by atoms with Gasteiger partial charge in [-0.05, 0) is 25.3 Å². The first-order valence-corrected chi connectivity index (χ1v) is 7.34. The lowest BCUT2D eigenvalue weighted by atomic mass is 9.88. The Hall–Kier alpha value is -0.120. The van der Waals surface area contributed by atoms with Gasteiger partial charge in [0.1, 0.15) is 0 Å². The molecule has 1 aliphatic heterocycles. The average molecular weight is 241 g/mol. The highest BCUT2D eigenvalue weighted by Gasteiger charge is 2.31. The number of hydrogen-bond donors (Lipinski definition) is 1. The summed E-state index contributed by atoms with van der Waals surface area (Å²) in [6.45, 7) is 5.52. The summed E-state index contributed by atoms with van der Waals surface area (Å²) in [4.78, 5) is 0. The van der Waals surface area contributed by atoms with Crippen molar-refractivity contribution >= 4 is 0 Å². The van der Waals surface area contributed by atoms with Crippen molar-refractivity contribution in [1.29, 1.82) is 0 Å². The third-order valence-corrected chi connectivity index (χ3v) is 4.09. The molecule has 3 nitrogen and oxygen atoms in total. The van der Waals surface area contributed by atoms with Crippen LogP contribution in [0, 0.1) is 5.92 Å². The molecule has 2 unspecified atom stereocenters. The molecule has 0 bridgehead atoms. The highest BCUT2D eigenvalue weighted by atomic mass is 16.6. The molecule has 0 radical (unpaired) electrons. The molecule has 1 aliphatic carbocycles. The van der Waals surface area contributed by atoms with Gasteiger partial charge in [0.25, 0.3) is 0 Å². The normalized spacial score (nSPS) is 29.8. The van der Waals surface area contributed by atoms with E-state index in [1.165, 1.54) is 38.5 Å². The molecule has 2 fully saturated rings. The highest BCUT2D eigenvalue weighted by molar-refractivity contribution is 4.86. The predicted molar refractivity (Wildman–Crippen MR) is 69.2 cm³/mol. The topological polar surface area (TPSA) is 30.5 Å². The minimum Gasteiger partial charge on any atom is -0.376 e. The van der Waals surface area contributed by atoms with Crippen LogP contribution in [0.25, 0.3) is 0 Å². The van der Waals surface area contributed by atoms with Gasteiger partial charge in [0.2, 0.25) is 0 Å². The summed E-state index contributed by atoms with van der Waals surface area (Å²) < 4.78 is 11.5. The van der Waals surface area contributed by atoms with Crippen molar-refractivity contribution < 1.29 is 9.47 Å². The van der Waals surface area contributed by atoms with Crippen LogP contribution in [0.1, 0.15) is 45.4 Å². The summed E-state index contributed by atoms with van der Waals surface area (Å²) in [5.74, 6) is 0.782. The minimum absolute atomic E-state index is 0.270. The van der Waals surface area contributed by atoms with Gasteiger partial charge in [-0.3, -0.25) is 0 Å². The Kier molecular flexibility index (Phi) is 5.75. The third-order valence-electron chi connectivity index (χ3n) is 4.09. The third kappa shape index (κ3) is 3.94. The summed E-state index contributed by atoms with van der Waals surface area (Å²) in [6.07, 6.45) is 8.59. The van der Waals surface area contributed by atoms with E-state index in [1.54, 1.807) is 0 Å². The Morgan fingerprint density at radius 2 is 1.88 bits per heavy atom. The molecule has 2 aliphatic rings. The van der Waals surface area contributed by atoms with Gasteiger partial charge in [-0.15, -0.1) is 0 Å². The highest BCUT2D eigenvalue weighted by Crippen LogP contribution is 2.28. The van der Waals surface area contributed by atoms with E-state index in [9.17, 15) is 0 Å². The lowest BCUT2D eigenvalue weighted by Gasteiger charge is -2.36. The van der Waals surface area contributed by atoms with Crippen LogP contribution in [-0.4, -0.2) is 38.5 Å². The second-order valence-corrected chi connectivity index (χ2v) is 5.32. The van der Waals surface area contributed by atoms with Gasteiger partial charge in [0.05, 0.1) is 25.9 Å². The van der Waals surface area contributed by atoms with Crippen LogP contribution in [0.15, 0.2) is 0 Å². The molecule has 0 spiro atoms. The van der Waals surface area contributed by atoms with Gasteiger partial charge in [0, 0.05) is 6.04 Å². The van der Waals surface area contributed by atoms with Crippen molar-refractivity contribution in [3.63, 3.8) is 0 Å². The molecule has 1 heterocycles. The molecule has 100 valence electrons. The van der Waals surface area contributed by atoms with E-state index in [-0.39, 0.29) is 6.10 Å². The second-order valence-electron chi connectivity index (χ2n) is 5.32. The van der Waals surface area contributed by atoms with Crippen LogP contribution in [-0.2, 0) is 9.47 Å². The summed E-state index contributed by atoms with van der Waals surface area (Å²) in [5.41, 5.74) is 0. The smallest absolute Gasteiger partial charge is 0.0964 e. The quantitative estimate of drug-likeness (QED) is 0.766. The largest absolute Gasteiger partial charge is 0.376 e. The fourth-order valence-corrected chi connectivity index (χ4v) is 3.22. The van der Waals surface area contributed by atoms with Crippen molar-refractivity contribution in [2.45, 2.75) is 57.6 Å². The van der Waals surface area contributed by atoms with E-state index in [2.05, 4.69) is 12.2 Å². The van der Waals surface area contributed by atoms with Crippen molar-refractivity contribution in [2.24, 2.45) is 5.92 Å². The van der Waals surface area contributed by atoms with Gasteiger partial charge in [-0.1, -0.05) is 32.6 Å². The summed E-state index contributed by atoms with van der Waals surface area (Å²) in [5, 5.41) is 3.64. The van der Waals surface area contributed by atoms with Crippen LogP contribution in [0.4, 0.5) is 0 Å². The van der Waals surface area contributed by atoms with Gasteiger partial charge >= 0.3 is 0 Å². The SMILES string of the molecule is CCNC(C1CCCCCC1)C1COCCO1. The average Bonchev–Trinajstić information content (AvgIpc) is 2.66. The lowest BCUT2D eigenvalue weighted by Crippen LogP contribution is -2.50. The lowest BCUT2D eigenvalue weighted by molar-refractivity contribution is -0.109.